The molecule has 4 heteroatoms. The average Bonchev–Trinajstić information content (AvgIpc) is 2.76. The Labute approximate surface area is 153 Å². The van der Waals surface area contributed by atoms with Crippen LogP contribution in [0.15, 0.2) is 4.99 Å². The van der Waals surface area contributed by atoms with Crippen LogP contribution in [0, 0.1) is 35.5 Å². The van der Waals surface area contributed by atoms with Crippen molar-refractivity contribution in [3.8, 4) is 0 Å². The SMILES string of the molecule is CC(C)CNC(=O)C12N=CC3CC1CN(CC(C)C)C2C3CC(C)C. The molecule has 3 heterocycles. The zero-order chi connectivity index (χ0) is 18.4. The summed E-state index contributed by atoms with van der Waals surface area (Å²) in [5.41, 5.74) is -0.530. The molecule has 0 aromatic rings. The van der Waals surface area contributed by atoms with E-state index in [0.29, 0.717) is 41.5 Å². The molecule has 3 aliphatic heterocycles. The van der Waals surface area contributed by atoms with Crippen LogP contribution in [0.3, 0.4) is 0 Å². The molecule has 25 heavy (non-hydrogen) atoms. The maximum absolute atomic E-state index is 13.4. The third-order valence-corrected chi connectivity index (χ3v) is 6.29. The first-order valence-electron chi connectivity index (χ1n) is 10.3. The number of hydrogen-bond donors (Lipinski definition) is 1. The van der Waals surface area contributed by atoms with Crippen molar-refractivity contribution in [2.24, 2.45) is 40.5 Å². The molecule has 5 unspecified atom stereocenters. The number of aliphatic imine (C=N–C) groups is 1. The Bertz CT molecular complexity index is 527. The smallest absolute Gasteiger partial charge is 0.249 e. The standard InChI is InChI=1S/C21H37N3O/c1-13(2)7-18-16-8-17-12-24(11-15(5)6)19(18)21(17,23-10-16)20(25)22-9-14(3)4/h10,13-19H,7-9,11-12H2,1-6H3,(H,22,25). The molecule has 2 fully saturated rings. The number of carbonyl (C=O) groups excluding carboxylic acids is 1. The second kappa shape index (κ2) is 7.02. The summed E-state index contributed by atoms with van der Waals surface area (Å²) in [7, 11) is 0. The van der Waals surface area contributed by atoms with Crippen molar-refractivity contribution in [1.29, 1.82) is 0 Å². The summed E-state index contributed by atoms with van der Waals surface area (Å²) in [6.07, 6.45) is 4.48. The fraction of sp³-hybridized carbons (Fsp3) is 0.905. The Morgan fingerprint density at radius 1 is 1.20 bits per heavy atom. The second-order valence-electron chi connectivity index (χ2n) is 9.89. The Kier molecular flexibility index (Phi) is 5.30. The van der Waals surface area contributed by atoms with Crippen LogP contribution in [0.1, 0.15) is 54.4 Å². The zero-order valence-electron chi connectivity index (χ0n) is 17.0. The third-order valence-electron chi connectivity index (χ3n) is 6.29. The highest BCUT2D eigenvalue weighted by molar-refractivity contribution is 5.92. The van der Waals surface area contributed by atoms with Gasteiger partial charge in [-0.25, -0.2) is 0 Å². The van der Waals surface area contributed by atoms with Crippen LogP contribution in [-0.2, 0) is 4.79 Å². The molecule has 4 nitrogen and oxygen atoms in total. The normalized spacial score (nSPS) is 36.8. The maximum Gasteiger partial charge on any atom is 0.249 e. The minimum absolute atomic E-state index is 0.186. The van der Waals surface area contributed by atoms with Crippen molar-refractivity contribution in [1.82, 2.24) is 10.2 Å². The molecule has 1 aliphatic carbocycles. The predicted octanol–water partition coefficient (Wildman–Crippen LogP) is 3.22. The van der Waals surface area contributed by atoms with Crippen molar-refractivity contribution in [3.05, 3.63) is 0 Å². The molecule has 4 bridgehead atoms. The topological polar surface area (TPSA) is 44.7 Å². The predicted molar refractivity (Wildman–Crippen MR) is 104 cm³/mol. The van der Waals surface area contributed by atoms with Gasteiger partial charge >= 0.3 is 0 Å². The van der Waals surface area contributed by atoms with Crippen LogP contribution in [-0.4, -0.2) is 48.2 Å². The van der Waals surface area contributed by atoms with Gasteiger partial charge in [-0.15, -0.1) is 0 Å². The lowest BCUT2D eigenvalue weighted by Gasteiger charge is -2.51. The van der Waals surface area contributed by atoms with Crippen LogP contribution in [0.25, 0.3) is 0 Å². The first kappa shape index (κ1) is 18.9. The Morgan fingerprint density at radius 2 is 1.92 bits per heavy atom. The highest BCUT2D eigenvalue weighted by atomic mass is 16.2. The number of carbonyl (C=O) groups is 1. The minimum Gasteiger partial charge on any atom is -0.354 e. The molecule has 1 saturated carbocycles. The first-order chi connectivity index (χ1) is 11.8. The van der Waals surface area contributed by atoms with Gasteiger partial charge in [0.2, 0.25) is 5.91 Å². The zero-order valence-corrected chi connectivity index (χ0v) is 17.0. The summed E-state index contributed by atoms with van der Waals surface area (Å²) in [5.74, 6) is 3.47. The first-order valence-corrected chi connectivity index (χ1v) is 10.3. The summed E-state index contributed by atoms with van der Waals surface area (Å²) in [5, 5.41) is 3.24. The van der Waals surface area contributed by atoms with E-state index in [9.17, 15) is 4.79 Å². The molecule has 4 rings (SSSR count). The van der Waals surface area contributed by atoms with Gasteiger partial charge in [-0.3, -0.25) is 14.7 Å². The van der Waals surface area contributed by atoms with Crippen LogP contribution < -0.4 is 5.32 Å². The average molecular weight is 348 g/mol. The van der Waals surface area contributed by atoms with E-state index in [0.717, 1.165) is 26.1 Å². The van der Waals surface area contributed by atoms with E-state index in [1.807, 2.05) is 0 Å². The largest absolute Gasteiger partial charge is 0.354 e. The monoisotopic (exact) mass is 347 g/mol. The van der Waals surface area contributed by atoms with Crippen molar-refractivity contribution in [2.75, 3.05) is 19.6 Å². The fourth-order valence-electron chi connectivity index (χ4n) is 5.54. The molecule has 0 aromatic heterocycles. The van der Waals surface area contributed by atoms with Gasteiger partial charge < -0.3 is 5.32 Å². The molecular weight excluding hydrogens is 310 g/mol. The van der Waals surface area contributed by atoms with E-state index >= 15 is 0 Å². The van der Waals surface area contributed by atoms with Crippen LogP contribution in [0.4, 0.5) is 0 Å². The lowest BCUT2D eigenvalue weighted by Crippen LogP contribution is -2.66. The van der Waals surface area contributed by atoms with Gasteiger partial charge in [-0.1, -0.05) is 41.5 Å². The van der Waals surface area contributed by atoms with E-state index in [4.69, 9.17) is 4.99 Å². The lowest BCUT2D eigenvalue weighted by molar-refractivity contribution is -0.132. The summed E-state index contributed by atoms with van der Waals surface area (Å²) in [6.45, 7) is 16.4. The van der Waals surface area contributed by atoms with Gasteiger partial charge in [0.1, 0.15) is 0 Å². The number of amides is 1. The highest BCUT2D eigenvalue weighted by Gasteiger charge is 2.67. The van der Waals surface area contributed by atoms with E-state index in [2.05, 4.69) is 58.0 Å². The van der Waals surface area contributed by atoms with Gasteiger partial charge in [0, 0.05) is 37.8 Å². The summed E-state index contributed by atoms with van der Waals surface area (Å²) in [4.78, 5) is 20.9. The molecule has 0 radical (unpaired) electrons. The molecule has 142 valence electrons. The van der Waals surface area contributed by atoms with Crippen LogP contribution >= 0.6 is 0 Å². The number of nitrogens with zero attached hydrogens (tertiary/aromatic N) is 2. The summed E-state index contributed by atoms with van der Waals surface area (Å²) < 4.78 is 0. The molecule has 1 amide bonds. The molecule has 5 atom stereocenters. The molecule has 1 saturated heterocycles. The molecule has 1 N–H and O–H groups in total. The number of hydrogen-bond acceptors (Lipinski definition) is 3. The fourth-order valence-corrected chi connectivity index (χ4v) is 5.54. The number of rotatable bonds is 7. The quantitative estimate of drug-likeness (QED) is 0.768. The van der Waals surface area contributed by atoms with E-state index in [1.165, 1.54) is 6.42 Å². The Balaban J connectivity index is 1.93. The van der Waals surface area contributed by atoms with Crippen molar-refractivity contribution < 1.29 is 4.79 Å². The van der Waals surface area contributed by atoms with Gasteiger partial charge in [0.25, 0.3) is 0 Å². The molecule has 0 spiro atoms. The number of likely N-dealkylation sites (tertiary alicyclic amines) is 1. The van der Waals surface area contributed by atoms with E-state index < -0.39 is 5.54 Å². The van der Waals surface area contributed by atoms with Crippen LogP contribution in [0.5, 0.6) is 0 Å². The van der Waals surface area contributed by atoms with Gasteiger partial charge in [-0.2, -0.15) is 0 Å². The molecule has 4 aliphatic rings. The summed E-state index contributed by atoms with van der Waals surface area (Å²) in [6, 6.07) is 0.290. The summed E-state index contributed by atoms with van der Waals surface area (Å²) >= 11 is 0. The van der Waals surface area contributed by atoms with E-state index in [1.54, 1.807) is 0 Å². The van der Waals surface area contributed by atoms with Crippen molar-refractivity contribution >= 4 is 12.1 Å². The highest BCUT2D eigenvalue weighted by Crippen LogP contribution is 2.55. The second-order valence-corrected chi connectivity index (χ2v) is 9.89. The van der Waals surface area contributed by atoms with Crippen molar-refractivity contribution in [2.45, 2.75) is 66.0 Å². The van der Waals surface area contributed by atoms with Gasteiger partial charge in [-0.05, 0) is 42.4 Å². The lowest BCUT2D eigenvalue weighted by atomic mass is 9.59. The minimum atomic E-state index is -0.530. The van der Waals surface area contributed by atoms with E-state index in [-0.39, 0.29) is 5.91 Å². The van der Waals surface area contributed by atoms with Gasteiger partial charge in [0.15, 0.2) is 5.54 Å². The maximum atomic E-state index is 13.4. The molecule has 0 aromatic carbocycles. The van der Waals surface area contributed by atoms with Crippen LogP contribution in [0.2, 0.25) is 0 Å². The Hall–Kier alpha value is -0.900. The molecular formula is C21H37N3O. The van der Waals surface area contributed by atoms with Gasteiger partial charge in [0.05, 0.1) is 0 Å². The van der Waals surface area contributed by atoms with Crippen molar-refractivity contribution in [3.63, 3.8) is 0 Å². The Morgan fingerprint density at radius 3 is 2.52 bits per heavy atom. The number of nitrogens with one attached hydrogen (secondary N) is 1. The third kappa shape index (κ3) is 3.27.